The summed E-state index contributed by atoms with van der Waals surface area (Å²) in [5, 5.41) is 14.9. The Labute approximate surface area is 203 Å². The molecule has 0 saturated heterocycles. The van der Waals surface area contributed by atoms with Gasteiger partial charge in [-0.1, -0.05) is 55.7 Å². The van der Waals surface area contributed by atoms with Gasteiger partial charge in [0.05, 0.1) is 25.7 Å². The van der Waals surface area contributed by atoms with Crippen LogP contribution in [-0.4, -0.2) is 30.5 Å². The highest BCUT2D eigenvalue weighted by atomic mass is 35.5. The van der Waals surface area contributed by atoms with E-state index in [0.717, 1.165) is 16.7 Å². The Bertz CT molecular complexity index is 1200. The first-order valence-electron chi connectivity index (χ1n) is 11.2. The molecular weight excluding hydrogens is 458 g/mol. The molecule has 0 aliphatic carbocycles. The van der Waals surface area contributed by atoms with Crippen molar-refractivity contribution >= 4 is 17.6 Å². The minimum Gasteiger partial charge on any atom is -0.493 e. The third kappa shape index (κ3) is 4.03. The van der Waals surface area contributed by atoms with Crippen LogP contribution >= 0.6 is 11.6 Å². The lowest BCUT2D eigenvalue weighted by atomic mass is 9.88. The van der Waals surface area contributed by atoms with Gasteiger partial charge in [0, 0.05) is 16.5 Å². The number of aliphatic carboxylic acids is 1. The number of rotatable bonds is 7. The number of aromatic nitrogens is 1. The van der Waals surface area contributed by atoms with Crippen LogP contribution in [0.3, 0.4) is 0 Å². The summed E-state index contributed by atoms with van der Waals surface area (Å²) < 4.78 is 23.6. The summed E-state index contributed by atoms with van der Waals surface area (Å²) in [6, 6.07) is 11.1. The summed E-state index contributed by atoms with van der Waals surface area (Å²) in [6.07, 6.45) is -1.20. The van der Waals surface area contributed by atoms with Crippen LogP contribution in [0.15, 0.2) is 40.9 Å². The van der Waals surface area contributed by atoms with Gasteiger partial charge in [-0.05, 0) is 35.7 Å². The molecular formula is C26H28ClNO6. The average molecular weight is 486 g/mol. The zero-order chi connectivity index (χ0) is 24.6. The van der Waals surface area contributed by atoms with Crippen LogP contribution in [0.4, 0.5) is 0 Å². The lowest BCUT2D eigenvalue weighted by Gasteiger charge is -2.28. The Hall–Kier alpha value is -3.03. The Morgan fingerprint density at radius 1 is 1.18 bits per heavy atom. The van der Waals surface area contributed by atoms with Crippen LogP contribution < -0.4 is 9.47 Å². The molecule has 4 rings (SSSR count). The molecule has 0 spiro atoms. The minimum absolute atomic E-state index is 0.0215. The molecule has 34 heavy (non-hydrogen) atoms. The molecule has 180 valence electrons. The van der Waals surface area contributed by atoms with Gasteiger partial charge < -0.3 is 23.8 Å². The van der Waals surface area contributed by atoms with Gasteiger partial charge in [0.1, 0.15) is 23.7 Å². The zero-order valence-corrected chi connectivity index (χ0v) is 20.6. The van der Waals surface area contributed by atoms with Gasteiger partial charge in [-0.15, -0.1) is 0 Å². The van der Waals surface area contributed by atoms with E-state index in [1.54, 1.807) is 26.4 Å². The summed E-state index contributed by atoms with van der Waals surface area (Å²) in [6.45, 7) is 5.84. The van der Waals surface area contributed by atoms with Crippen LogP contribution in [0.2, 0.25) is 5.02 Å². The number of carboxylic acid groups (broad SMARTS) is 1. The van der Waals surface area contributed by atoms with E-state index in [1.165, 1.54) is 0 Å². The molecule has 7 nitrogen and oxygen atoms in total. The van der Waals surface area contributed by atoms with Crippen LogP contribution in [0.1, 0.15) is 67.9 Å². The van der Waals surface area contributed by atoms with Crippen molar-refractivity contribution in [1.82, 2.24) is 5.16 Å². The van der Waals surface area contributed by atoms with Crippen molar-refractivity contribution < 1.29 is 28.6 Å². The second kappa shape index (κ2) is 9.68. The van der Waals surface area contributed by atoms with E-state index in [-0.39, 0.29) is 5.92 Å². The van der Waals surface area contributed by atoms with Crippen LogP contribution in [-0.2, 0) is 9.53 Å². The number of ether oxygens (including phenoxy) is 3. The highest BCUT2D eigenvalue weighted by Crippen LogP contribution is 2.51. The second-order valence-electron chi connectivity index (χ2n) is 8.57. The predicted octanol–water partition coefficient (Wildman–Crippen LogP) is 6.41. The van der Waals surface area contributed by atoms with Crippen molar-refractivity contribution in [2.24, 2.45) is 5.92 Å². The molecule has 1 aliphatic heterocycles. The second-order valence-corrected chi connectivity index (χ2v) is 9.00. The molecule has 3 unspecified atom stereocenters. The van der Waals surface area contributed by atoms with Crippen molar-refractivity contribution in [3.8, 4) is 22.6 Å². The Kier molecular flexibility index (Phi) is 6.86. The van der Waals surface area contributed by atoms with E-state index in [2.05, 4.69) is 5.16 Å². The van der Waals surface area contributed by atoms with Gasteiger partial charge in [0.2, 0.25) is 0 Å². The molecule has 1 aliphatic rings. The minimum atomic E-state index is -0.965. The maximum absolute atomic E-state index is 12.3. The fourth-order valence-electron chi connectivity index (χ4n) is 4.60. The lowest BCUT2D eigenvalue weighted by molar-refractivity contribution is -0.150. The van der Waals surface area contributed by atoms with Gasteiger partial charge in [0.25, 0.3) is 0 Å². The molecule has 0 fully saturated rings. The molecule has 0 bridgehead atoms. The molecule has 8 heteroatoms. The number of methoxy groups -OCH3 is 2. The third-order valence-electron chi connectivity index (χ3n) is 6.23. The first-order valence-corrected chi connectivity index (χ1v) is 11.6. The van der Waals surface area contributed by atoms with E-state index in [9.17, 15) is 9.90 Å². The summed E-state index contributed by atoms with van der Waals surface area (Å²) >= 11 is 6.45. The van der Waals surface area contributed by atoms with Crippen molar-refractivity contribution in [2.45, 2.75) is 45.3 Å². The van der Waals surface area contributed by atoms with Crippen LogP contribution in [0, 0.1) is 5.92 Å². The Morgan fingerprint density at radius 2 is 1.94 bits per heavy atom. The smallest absolute Gasteiger partial charge is 0.309 e. The monoisotopic (exact) mass is 485 g/mol. The van der Waals surface area contributed by atoms with Gasteiger partial charge in [-0.3, -0.25) is 4.79 Å². The molecule has 0 saturated carbocycles. The number of hydrogen-bond acceptors (Lipinski definition) is 6. The first-order chi connectivity index (χ1) is 16.3. The number of fused-ring (bicyclic) bond motifs is 3. The molecule has 0 radical (unpaired) electrons. The maximum atomic E-state index is 12.3. The largest absolute Gasteiger partial charge is 0.493 e. The number of carbonyl (C=O) groups is 1. The Balaban J connectivity index is 2.05. The standard InChI is InChI=1S/C26H28ClNO6/c1-6-15(26(29)30)25-21-20(22(13(2)3)34-28-21)16-11-10-14(27)12-18(16)23(33-25)17-8-7-9-19(31-4)24(17)32-5/h7-13,15,23,25H,6H2,1-5H3,(H,29,30). The zero-order valence-electron chi connectivity index (χ0n) is 19.8. The van der Waals surface area contributed by atoms with E-state index in [1.807, 2.05) is 45.0 Å². The fourth-order valence-corrected chi connectivity index (χ4v) is 4.78. The molecule has 0 amide bonds. The fraction of sp³-hybridized carbons (Fsp3) is 0.385. The first kappa shape index (κ1) is 24.1. The van der Waals surface area contributed by atoms with E-state index in [4.69, 9.17) is 30.3 Å². The van der Waals surface area contributed by atoms with Gasteiger partial charge in [-0.25, -0.2) is 0 Å². The molecule has 1 aromatic heterocycles. The van der Waals surface area contributed by atoms with Crippen molar-refractivity contribution in [3.05, 3.63) is 64.0 Å². The number of benzene rings is 2. The van der Waals surface area contributed by atoms with E-state index < -0.39 is 24.1 Å². The molecule has 3 aromatic rings. The third-order valence-corrected chi connectivity index (χ3v) is 6.46. The highest BCUT2D eigenvalue weighted by molar-refractivity contribution is 6.30. The van der Waals surface area contributed by atoms with E-state index in [0.29, 0.717) is 40.0 Å². The lowest BCUT2D eigenvalue weighted by Crippen LogP contribution is -2.25. The van der Waals surface area contributed by atoms with Gasteiger partial charge in [-0.2, -0.15) is 0 Å². The maximum Gasteiger partial charge on any atom is 0.309 e. The molecule has 3 atom stereocenters. The van der Waals surface area contributed by atoms with Crippen molar-refractivity contribution in [2.75, 3.05) is 14.2 Å². The van der Waals surface area contributed by atoms with Gasteiger partial charge >= 0.3 is 5.97 Å². The molecule has 1 N–H and O–H groups in total. The summed E-state index contributed by atoms with van der Waals surface area (Å²) in [4.78, 5) is 12.3. The highest BCUT2D eigenvalue weighted by Gasteiger charge is 2.42. The Morgan fingerprint density at radius 3 is 2.56 bits per heavy atom. The number of nitrogens with zero attached hydrogens (tertiary/aromatic N) is 1. The SMILES string of the molecule is CCC(C(=O)O)C1OC(c2cccc(OC)c2OC)c2cc(Cl)ccc2-c2c1noc2C(C)C. The van der Waals surface area contributed by atoms with Crippen molar-refractivity contribution in [1.29, 1.82) is 0 Å². The number of para-hydroxylation sites is 1. The summed E-state index contributed by atoms with van der Waals surface area (Å²) in [7, 11) is 3.13. The van der Waals surface area contributed by atoms with Crippen LogP contribution in [0.25, 0.3) is 11.1 Å². The van der Waals surface area contributed by atoms with Crippen molar-refractivity contribution in [3.63, 3.8) is 0 Å². The van der Waals surface area contributed by atoms with E-state index >= 15 is 0 Å². The summed E-state index contributed by atoms with van der Waals surface area (Å²) in [5.74, 6) is -0.0629. The van der Waals surface area contributed by atoms with Gasteiger partial charge in [0.15, 0.2) is 11.5 Å². The number of hydrogen-bond donors (Lipinski definition) is 1. The summed E-state index contributed by atoms with van der Waals surface area (Å²) in [5.41, 5.74) is 3.54. The normalized spacial score (nSPS) is 18.1. The van der Waals surface area contributed by atoms with Crippen LogP contribution in [0.5, 0.6) is 11.5 Å². The number of carboxylic acids is 1. The topological polar surface area (TPSA) is 91.0 Å². The molecule has 2 heterocycles. The average Bonchev–Trinajstić information content (AvgIpc) is 3.20. The quantitative estimate of drug-likeness (QED) is 0.413. The molecule has 2 aromatic carbocycles. The predicted molar refractivity (Wildman–Crippen MR) is 128 cm³/mol. The number of halogens is 1.